The van der Waals surface area contributed by atoms with Crippen LogP contribution in [0.2, 0.25) is 10.0 Å². The molecule has 8 heteroatoms. The molecule has 2 aromatic heterocycles. The number of carbonyl (C=O) groups excluding carboxylic acids is 1. The third kappa shape index (κ3) is 4.95. The molecule has 2 fully saturated rings. The van der Waals surface area contributed by atoms with Crippen LogP contribution in [0.5, 0.6) is 0 Å². The fraction of sp³-hybridized carbons (Fsp3) is 0.269. The summed E-state index contributed by atoms with van der Waals surface area (Å²) in [5.74, 6) is 1.73. The van der Waals surface area contributed by atoms with Gasteiger partial charge in [0, 0.05) is 28.4 Å². The van der Waals surface area contributed by atoms with Crippen LogP contribution in [0.1, 0.15) is 43.6 Å². The second-order valence-corrected chi connectivity index (χ2v) is 10.3. The number of hydrogen-bond donors (Lipinski definition) is 0. The van der Waals surface area contributed by atoms with Crippen LogP contribution in [0, 0.1) is 6.92 Å². The predicted molar refractivity (Wildman–Crippen MR) is 140 cm³/mol. The van der Waals surface area contributed by atoms with E-state index in [9.17, 15) is 4.79 Å². The molecule has 1 saturated heterocycles. The number of aryl methyl sites for hydroxylation is 1. The molecular formula is C26H23Cl2N3O2S. The Morgan fingerprint density at radius 1 is 1.12 bits per heavy atom. The lowest BCUT2D eigenvalue weighted by molar-refractivity contribution is -0.124. The van der Waals surface area contributed by atoms with Gasteiger partial charge in [0.15, 0.2) is 11.0 Å². The van der Waals surface area contributed by atoms with Gasteiger partial charge in [-0.25, -0.2) is 9.98 Å². The number of thioether (sulfide) groups is 1. The van der Waals surface area contributed by atoms with E-state index in [0.717, 1.165) is 31.4 Å². The van der Waals surface area contributed by atoms with E-state index in [1.165, 1.54) is 18.2 Å². The summed E-state index contributed by atoms with van der Waals surface area (Å²) >= 11 is 13.8. The largest absolute Gasteiger partial charge is 0.457 e. The Morgan fingerprint density at radius 3 is 2.74 bits per heavy atom. The van der Waals surface area contributed by atoms with Crippen molar-refractivity contribution < 1.29 is 9.21 Å². The molecule has 0 atom stereocenters. The summed E-state index contributed by atoms with van der Waals surface area (Å²) < 4.78 is 6.01. The second-order valence-electron chi connectivity index (χ2n) is 8.44. The van der Waals surface area contributed by atoms with Crippen LogP contribution in [0.25, 0.3) is 17.4 Å². The SMILES string of the molecule is Cc1cccc(/N=C2/S/C(=C/c3ccc(-c4cc(Cl)ccc4Cl)o3)C(=O)N2C2CCCCC2)n1. The Kier molecular flexibility index (Phi) is 6.82. The van der Waals surface area contributed by atoms with Crippen molar-refractivity contribution in [2.45, 2.75) is 45.1 Å². The number of rotatable bonds is 4. The molecule has 2 aliphatic rings. The quantitative estimate of drug-likeness (QED) is 0.334. The summed E-state index contributed by atoms with van der Waals surface area (Å²) in [5.41, 5.74) is 1.60. The van der Waals surface area contributed by atoms with Gasteiger partial charge in [0.1, 0.15) is 11.5 Å². The first-order chi connectivity index (χ1) is 16.5. The number of carbonyl (C=O) groups is 1. The molecule has 5 rings (SSSR count). The monoisotopic (exact) mass is 511 g/mol. The van der Waals surface area contributed by atoms with Crippen molar-refractivity contribution in [2.75, 3.05) is 0 Å². The topological polar surface area (TPSA) is 58.7 Å². The molecule has 0 radical (unpaired) electrons. The number of halogens is 2. The molecule has 3 aromatic rings. The average molecular weight is 512 g/mol. The molecule has 174 valence electrons. The highest BCUT2D eigenvalue weighted by atomic mass is 35.5. The van der Waals surface area contributed by atoms with Crippen LogP contribution in [0.4, 0.5) is 5.82 Å². The van der Waals surface area contributed by atoms with Crippen molar-refractivity contribution in [2.24, 2.45) is 4.99 Å². The Hall–Kier alpha value is -2.54. The minimum Gasteiger partial charge on any atom is -0.457 e. The first-order valence-electron chi connectivity index (χ1n) is 11.3. The fourth-order valence-corrected chi connectivity index (χ4v) is 5.72. The Morgan fingerprint density at radius 2 is 1.94 bits per heavy atom. The number of nitrogens with zero attached hydrogens (tertiary/aromatic N) is 3. The number of benzene rings is 1. The van der Waals surface area contributed by atoms with Crippen LogP contribution in [-0.2, 0) is 4.79 Å². The number of hydrogen-bond acceptors (Lipinski definition) is 5. The number of aromatic nitrogens is 1. The second kappa shape index (κ2) is 9.98. The van der Waals surface area contributed by atoms with Crippen LogP contribution >= 0.6 is 35.0 Å². The molecular weight excluding hydrogens is 489 g/mol. The molecule has 0 bridgehead atoms. The molecule has 34 heavy (non-hydrogen) atoms. The molecule has 1 aliphatic carbocycles. The number of amidine groups is 1. The van der Waals surface area contributed by atoms with Crippen molar-refractivity contribution in [3.05, 3.63) is 74.9 Å². The highest BCUT2D eigenvalue weighted by molar-refractivity contribution is 8.18. The Bertz CT molecular complexity index is 1290. The lowest BCUT2D eigenvalue weighted by atomic mass is 9.94. The summed E-state index contributed by atoms with van der Waals surface area (Å²) in [6.07, 6.45) is 7.20. The summed E-state index contributed by atoms with van der Waals surface area (Å²) in [6, 6.07) is 14.8. The minimum absolute atomic E-state index is 0.0398. The molecule has 0 unspecified atom stereocenters. The van der Waals surface area contributed by atoms with Crippen molar-refractivity contribution in [3.63, 3.8) is 0 Å². The molecule has 3 heterocycles. The van der Waals surface area contributed by atoms with E-state index >= 15 is 0 Å². The first kappa shape index (κ1) is 23.2. The molecule has 5 nitrogen and oxygen atoms in total. The van der Waals surface area contributed by atoms with E-state index in [-0.39, 0.29) is 11.9 Å². The molecule has 0 spiro atoms. The normalized spacial score (nSPS) is 19.5. The molecule has 1 aliphatic heterocycles. The first-order valence-corrected chi connectivity index (χ1v) is 12.9. The third-order valence-electron chi connectivity index (χ3n) is 5.95. The number of furan rings is 1. The van der Waals surface area contributed by atoms with Gasteiger partial charge in [-0.15, -0.1) is 0 Å². The lowest BCUT2D eigenvalue weighted by Gasteiger charge is -2.30. The maximum atomic E-state index is 13.5. The van der Waals surface area contributed by atoms with E-state index in [0.29, 0.717) is 43.0 Å². The zero-order chi connectivity index (χ0) is 23.7. The average Bonchev–Trinajstić information content (AvgIpc) is 3.41. The Balaban J connectivity index is 1.48. The number of aliphatic imine (C=N–C) groups is 1. The van der Waals surface area contributed by atoms with Crippen molar-refractivity contribution in [3.8, 4) is 11.3 Å². The van der Waals surface area contributed by atoms with Crippen molar-refractivity contribution >= 4 is 57.9 Å². The van der Waals surface area contributed by atoms with Crippen LogP contribution in [0.3, 0.4) is 0 Å². The molecule has 0 N–H and O–H groups in total. The summed E-state index contributed by atoms with van der Waals surface area (Å²) in [4.78, 5) is 25.2. The number of amides is 1. The van der Waals surface area contributed by atoms with Gasteiger partial charge >= 0.3 is 0 Å². The highest BCUT2D eigenvalue weighted by Gasteiger charge is 2.39. The van der Waals surface area contributed by atoms with Crippen LogP contribution in [-0.4, -0.2) is 27.0 Å². The van der Waals surface area contributed by atoms with Gasteiger partial charge in [0.25, 0.3) is 5.91 Å². The maximum Gasteiger partial charge on any atom is 0.267 e. The highest BCUT2D eigenvalue weighted by Crippen LogP contribution is 2.39. The third-order valence-corrected chi connectivity index (χ3v) is 7.50. The van der Waals surface area contributed by atoms with E-state index in [1.807, 2.05) is 42.2 Å². The zero-order valence-corrected chi connectivity index (χ0v) is 21.0. The van der Waals surface area contributed by atoms with Gasteiger partial charge in [-0.05, 0) is 74.0 Å². The van der Waals surface area contributed by atoms with E-state index in [2.05, 4.69) is 4.98 Å². The number of pyridine rings is 1. The summed E-state index contributed by atoms with van der Waals surface area (Å²) in [7, 11) is 0. The molecule has 1 saturated carbocycles. The minimum atomic E-state index is -0.0398. The maximum absolute atomic E-state index is 13.5. The van der Waals surface area contributed by atoms with Gasteiger partial charge in [-0.2, -0.15) is 0 Å². The summed E-state index contributed by atoms with van der Waals surface area (Å²) in [6.45, 7) is 1.93. The van der Waals surface area contributed by atoms with Gasteiger partial charge in [0.2, 0.25) is 0 Å². The standard InChI is InChI=1S/C26H23Cl2N3O2S/c1-16-6-5-9-24(29-16)30-26-31(18-7-3-2-4-8-18)25(32)23(34-26)15-19-11-13-22(33-19)20-14-17(27)10-12-21(20)28/h5-6,9-15,18H,2-4,7-8H2,1H3/b23-15+,30-26+. The predicted octanol–water partition coefficient (Wildman–Crippen LogP) is 7.89. The van der Waals surface area contributed by atoms with Crippen LogP contribution < -0.4 is 0 Å². The molecule has 1 aromatic carbocycles. The van der Waals surface area contributed by atoms with Gasteiger partial charge < -0.3 is 4.42 Å². The van der Waals surface area contributed by atoms with Gasteiger partial charge in [-0.3, -0.25) is 9.69 Å². The van der Waals surface area contributed by atoms with Gasteiger partial charge in [0.05, 0.1) is 9.93 Å². The van der Waals surface area contributed by atoms with E-state index in [4.69, 9.17) is 32.6 Å². The zero-order valence-electron chi connectivity index (χ0n) is 18.6. The Labute approximate surface area is 212 Å². The fourth-order valence-electron chi connectivity index (χ4n) is 4.31. The smallest absolute Gasteiger partial charge is 0.267 e. The lowest BCUT2D eigenvalue weighted by Crippen LogP contribution is -2.40. The molecule has 1 amide bonds. The summed E-state index contributed by atoms with van der Waals surface area (Å²) in [5, 5.41) is 1.80. The van der Waals surface area contributed by atoms with Gasteiger partial charge in [-0.1, -0.05) is 48.5 Å². The van der Waals surface area contributed by atoms with Crippen molar-refractivity contribution in [1.29, 1.82) is 0 Å². The van der Waals surface area contributed by atoms with E-state index < -0.39 is 0 Å². The van der Waals surface area contributed by atoms with Crippen LogP contribution in [0.15, 0.2) is 62.8 Å². The van der Waals surface area contributed by atoms with E-state index in [1.54, 1.807) is 24.3 Å². The van der Waals surface area contributed by atoms with Crippen molar-refractivity contribution in [1.82, 2.24) is 9.88 Å².